The van der Waals surface area contributed by atoms with Gasteiger partial charge >= 0.3 is 0 Å². The molecule has 1 unspecified atom stereocenters. The van der Waals surface area contributed by atoms with E-state index in [9.17, 15) is 35.0 Å². The van der Waals surface area contributed by atoms with Crippen LogP contribution >= 0.6 is 27.3 Å². The topological polar surface area (TPSA) is 236 Å². The van der Waals surface area contributed by atoms with Gasteiger partial charge in [0.2, 0.25) is 17.7 Å². The molecule has 3 fully saturated rings. The van der Waals surface area contributed by atoms with Crippen molar-refractivity contribution in [2.75, 3.05) is 36.5 Å². The number of nitrogens with one attached hydrogen (secondary N) is 3. The Morgan fingerprint density at radius 2 is 1.69 bits per heavy atom. The molecule has 0 bridgehead atoms. The fourth-order valence-corrected chi connectivity index (χ4v) is 12.6. The standard InChI is InChI=1S/C56H75BrN8O8S/c1-33(35-13-15-36(16-14-35)45-34(2)61-32-74-45)62-47(68)43-27-40(66)30-64(43)48(69)46(53(3,4)5)63-44(67)31-72-26-12-10-11-25-60-38-18-20-39(21-19-38)65(52(71)56(23-24-56)51(59)70)49-54(6,7)50(55(49,8)9)73-41-22-17-37(29-58)42(57)28-41/h13-22,28,32-33,40,43-44,46,48-50,60,63,66-67,69H,10-12,23-27,30-31H2,1-9H3,(H2,59,70)(H,62,68)/t33-,40+,43-,44?,46+,48-,49?,50?/m0/s1. The second-order valence-corrected chi connectivity index (χ2v) is 24.4. The predicted molar refractivity (Wildman–Crippen MR) is 291 cm³/mol. The zero-order valence-electron chi connectivity index (χ0n) is 44.2. The molecule has 3 aromatic carbocycles. The highest BCUT2D eigenvalue weighted by Crippen LogP contribution is 2.60. The average molecular weight is 1100 g/mol. The van der Waals surface area contributed by atoms with Crippen LogP contribution in [0.25, 0.3) is 10.4 Å². The minimum atomic E-state index is -1.23. The number of halogens is 1. The molecule has 0 spiro atoms. The van der Waals surface area contributed by atoms with Gasteiger partial charge < -0.3 is 46.1 Å². The Balaban J connectivity index is 0.865. The third-order valence-corrected chi connectivity index (χ3v) is 16.9. The Labute approximate surface area is 448 Å². The van der Waals surface area contributed by atoms with Crippen molar-refractivity contribution >= 4 is 56.4 Å². The molecule has 18 heteroatoms. The Morgan fingerprint density at radius 3 is 2.27 bits per heavy atom. The third kappa shape index (κ3) is 12.3. The van der Waals surface area contributed by atoms with Crippen LogP contribution in [0.1, 0.15) is 117 Å². The molecule has 1 aromatic heterocycles. The number of primary amides is 1. The van der Waals surface area contributed by atoms with Crippen LogP contribution in [-0.2, 0) is 19.1 Å². The Kier molecular flexibility index (Phi) is 17.7. The number of aryl methyl sites for hydroxylation is 1. The lowest BCUT2D eigenvalue weighted by atomic mass is 9.48. The van der Waals surface area contributed by atoms with Crippen molar-refractivity contribution < 1.29 is 39.2 Å². The Morgan fingerprint density at radius 1 is 1.01 bits per heavy atom. The number of thiazole rings is 1. The van der Waals surface area contributed by atoms with Gasteiger partial charge in [-0.05, 0) is 127 Å². The van der Waals surface area contributed by atoms with Gasteiger partial charge in [-0.1, -0.05) is 72.7 Å². The fourth-order valence-electron chi connectivity index (χ4n) is 11.4. The van der Waals surface area contributed by atoms with Crippen LogP contribution in [0.5, 0.6) is 5.75 Å². The minimum Gasteiger partial charge on any atom is -0.489 e. The van der Waals surface area contributed by atoms with Crippen LogP contribution in [0.2, 0.25) is 0 Å². The highest BCUT2D eigenvalue weighted by atomic mass is 79.9. The largest absolute Gasteiger partial charge is 0.489 e. The lowest BCUT2D eigenvalue weighted by Gasteiger charge is -2.66. The maximum Gasteiger partial charge on any atom is 0.242 e. The van der Waals surface area contributed by atoms with Gasteiger partial charge in [0.1, 0.15) is 35.8 Å². The first-order chi connectivity index (χ1) is 34.9. The average Bonchev–Trinajstić information content (AvgIpc) is 3.92. The maximum absolute atomic E-state index is 14.5. The smallest absolute Gasteiger partial charge is 0.242 e. The van der Waals surface area contributed by atoms with Gasteiger partial charge in [-0.2, -0.15) is 5.26 Å². The van der Waals surface area contributed by atoms with E-state index in [1.807, 2.05) is 88.7 Å². The molecule has 7 rings (SSSR count). The molecule has 3 aliphatic rings. The van der Waals surface area contributed by atoms with Gasteiger partial charge in [0.05, 0.1) is 58.5 Å². The van der Waals surface area contributed by atoms with Gasteiger partial charge in [-0.15, -0.1) is 11.3 Å². The number of aromatic nitrogens is 1. The number of nitrogens with zero attached hydrogens (tertiary/aromatic N) is 4. The molecule has 16 nitrogen and oxygen atoms in total. The number of ether oxygens (including phenoxy) is 2. The molecule has 0 radical (unpaired) electrons. The van der Waals surface area contributed by atoms with Crippen molar-refractivity contribution in [1.29, 1.82) is 5.26 Å². The molecule has 2 saturated carbocycles. The molecular weight excluding hydrogens is 1020 g/mol. The Hall–Kier alpha value is -4.97. The number of β-amino-alcohol motifs (C(OH)–C–C–N with tert-alkyl or cyclic N) is 1. The summed E-state index contributed by atoms with van der Waals surface area (Å²) in [4.78, 5) is 49.8. The van der Waals surface area contributed by atoms with Crippen molar-refractivity contribution in [3.05, 3.63) is 93.5 Å². The normalized spacial score (nSPS) is 22.3. The molecule has 8 N–H and O–H groups in total. The van der Waals surface area contributed by atoms with Crippen molar-refractivity contribution in [3.63, 3.8) is 0 Å². The summed E-state index contributed by atoms with van der Waals surface area (Å²) >= 11 is 5.05. The van der Waals surface area contributed by atoms with E-state index < -0.39 is 58.2 Å². The number of unbranched alkanes of at least 4 members (excludes halogenated alkanes) is 2. The fraction of sp³-hybridized carbons (Fsp3) is 0.554. The highest BCUT2D eigenvalue weighted by molar-refractivity contribution is 9.10. The number of carbonyl (C=O) groups is 3. The lowest BCUT2D eigenvalue weighted by Crippen LogP contribution is -2.76. The van der Waals surface area contributed by atoms with Crippen molar-refractivity contribution in [2.45, 2.75) is 150 Å². The summed E-state index contributed by atoms with van der Waals surface area (Å²) < 4.78 is 13.1. The third-order valence-electron chi connectivity index (χ3n) is 15.2. The number of nitrogens with two attached hydrogens (primary N) is 1. The van der Waals surface area contributed by atoms with E-state index in [1.165, 1.54) is 0 Å². The van der Waals surface area contributed by atoms with Gasteiger partial charge in [0.25, 0.3) is 0 Å². The number of nitriles is 1. The number of aliphatic hydroxyl groups is 3. The zero-order valence-corrected chi connectivity index (χ0v) is 46.6. The summed E-state index contributed by atoms with van der Waals surface area (Å²) in [7, 11) is 0. The molecule has 400 valence electrons. The van der Waals surface area contributed by atoms with E-state index in [2.05, 4.69) is 70.6 Å². The van der Waals surface area contributed by atoms with Gasteiger partial charge in [0.15, 0.2) is 0 Å². The van der Waals surface area contributed by atoms with Crippen LogP contribution in [-0.4, -0.2) is 112 Å². The van der Waals surface area contributed by atoms with Gasteiger partial charge in [0, 0.05) is 46.4 Å². The number of anilines is 2. The molecule has 74 heavy (non-hydrogen) atoms. The lowest BCUT2D eigenvalue weighted by molar-refractivity contribution is -0.164. The molecular formula is C56H75BrN8O8S. The summed E-state index contributed by atoms with van der Waals surface area (Å²) in [6, 6.07) is 21.0. The number of benzene rings is 3. The monoisotopic (exact) mass is 1100 g/mol. The number of likely N-dealkylation sites (tertiary alicyclic amines) is 1. The first-order valence-electron chi connectivity index (χ1n) is 25.7. The zero-order chi connectivity index (χ0) is 53.9. The van der Waals surface area contributed by atoms with E-state index in [0.29, 0.717) is 47.5 Å². The van der Waals surface area contributed by atoms with Gasteiger partial charge in [-0.25, -0.2) is 4.98 Å². The molecule has 1 aliphatic heterocycles. The number of carbonyl (C=O) groups excluding carboxylic acids is 3. The van der Waals surface area contributed by atoms with E-state index in [-0.39, 0.29) is 49.6 Å². The maximum atomic E-state index is 14.5. The van der Waals surface area contributed by atoms with Crippen LogP contribution < -0.4 is 31.3 Å². The Bertz CT molecular complexity index is 2630. The summed E-state index contributed by atoms with van der Waals surface area (Å²) in [5.74, 6) is -0.585. The van der Waals surface area contributed by atoms with E-state index >= 15 is 0 Å². The molecule has 2 aliphatic carbocycles. The second kappa shape index (κ2) is 23.1. The molecule has 1 saturated heterocycles. The second-order valence-electron chi connectivity index (χ2n) is 22.7. The first kappa shape index (κ1) is 56.8. The SMILES string of the molecule is Cc1ncsc1-c1ccc([C@H](C)NC(=O)[C@@H]2C[C@@H](O)CN2[C@@H](O)[C@@H](NC(O)COCCCCCNc2ccc(N(C(=O)C3(C(N)=O)CC3)C3C(C)(C)C(Oc4ccc(C#N)c(Br)c4)C3(C)C)cc2)C(C)(C)C)cc1. The van der Waals surface area contributed by atoms with Crippen molar-refractivity contribution in [2.24, 2.45) is 27.4 Å². The van der Waals surface area contributed by atoms with Crippen LogP contribution in [0.15, 0.2) is 76.7 Å². The summed E-state index contributed by atoms with van der Waals surface area (Å²) in [6.07, 6.45) is 0.0659. The predicted octanol–water partition coefficient (Wildman–Crippen LogP) is 7.79. The summed E-state index contributed by atoms with van der Waals surface area (Å²) in [6.45, 7) is 19.2. The van der Waals surface area contributed by atoms with Crippen molar-refractivity contribution in [1.82, 2.24) is 20.5 Å². The number of rotatable bonds is 23. The summed E-state index contributed by atoms with van der Waals surface area (Å²) in [5.41, 5.74) is 9.84. The first-order valence-corrected chi connectivity index (χ1v) is 27.4. The van der Waals surface area contributed by atoms with Crippen LogP contribution in [0, 0.1) is 39.9 Å². The number of amides is 3. The summed E-state index contributed by atoms with van der Waals surface area (Å²) in [5, 5.41) is 52.8. The molecule has 4 aromatic rings. The highest BCUT2D eigenvalue weighted by Gasteiger charge is 2.69. The van der Waals surface area contributed by atoms with Crippen LogP contribution in [0.3, 0.4) is 0 Å². The molecule has 3 amide bonds. The quantitative estimate of drug-likeness (QED) is 0.0214. The van der Waals surface area contributed by atoms with Crippen LogP contribution in [0.4, 0.5) is 11.4 Å². The van der Waals surface area contributed by atoms with Crippen molar-refractivity contribution in [3.8, 4) is 22.3 Å². The van der Waals surface area contributed by atoms with Gasteiger partial charge in [-0.3, -0.25) is 24.6 Å². The number of hydrogen-bond donors (Lipinski definition) is 7. The number of aliphatic hydroxyl groups excluding tert-OH is 3. The van der Waals surface area contributed by atoms with E-state index in [0.717, 1.165) is 46.6 Å². The van der Waals surface area contributed by atoms with E-state index in [1.54, 1.807) is 39.3 Å². The minimum absolute atomic E-state index is 0.00654. The van der Waals surface area contributed by atoms with E-state index in [4.69, 9.17) is 15.2 Å². The number of hydrogen-bond acceptors (Lipinski definition) is 14. The molecule has 6 atom stereocenters. The molecule has 2 heterocycles.